The molecule has 4 aromatic rings. The Morgan fingerprint density at radius 1 is 1.03 bits per heavy atom. The van der Waals surface area contributed by atoms with Crippen LogP contribution in [-0.4, -0.2) is 21.0 Å². The molecule has 1 amide bonds. The van der Waals surface area contributed by atoms with Crippen molar-refractivity contribution in [2.24, 2.45) is 0 Å². The van der Waals surface area contributed by atoms with E-state index in [-0.39, 0.29) is 5.69 Å². The lowest BCUT2D eigenvalue weighted by atomic mass is 10.0. The Balaban J connectivity index is 1.66. The number of anilines is 1. The lowest BCUT2D eigenvalue weighted by molar-refractivity contribution is -0.384. The van der Waals surface area contributed by atoms with Gasteiger partial charge in [0.2, 0.25) is 11.8 Å². The molecule has 9 heteroatoms. The Morgan fingerprint density at radius 2 is 1.77 bits per heavy atom. The number of rotatable bonds is 5. The lowest BCUT2D eigenvalue weighted by Crippen LogP contribution is -2.11. The summed E-state index contributed by atoms with van der Waals surface area (Å²) in [7, 11) is 0. The molecular formula is C22H15ClN4O4. The summed E-state index contributed by atoms with van der Waals surface area (Å²) < 4.78 is 5.44. The molecule has 8 nitrogen and oxygen atoms in total. The Labute approximate surface area is 181 Å². The zero-order valence-electron chi connectivity index (χ0n) is 16.2. The fourth-order valence-electron chi connectivity index (χ4n) is 3.04. The molecule has 0 aliphatic heterocycles. The number of aryl methyl sites for hydroxylation is 1. The van der Waals surface area contributed by atoms with E-state index in [9.17, 15) is 14.9 Å². The van der Waals surface area contributed by atoms with E-state index in [0.29, 0.717) is 44.7 Å². The minimum Gasteiger partial charge on any atom is -0.421 e. The number of carbonyl (C=O) groups is 1. The van der Waals surface area contributed by atoms with Gasteiger partial charge < -0.3 is 9.73 Å². The third-order valence-electron chi connectivity index (χ3n) is 4.51. The van der Waals surface area contributed by atoms with Crippen molar-refractivity contribution < 1.29 is 14.1 Å². The van der Waals surface area contributed by atoms with Crippen molar-refractivity contribution in [3.8, 4) is 22.6 Å². The Bertz CT molecular complexity index is 1280. The minimum absolute atomic E-state index is 0.146. The third-order valence-corrected chi connectivity index (χ3v) is 4.76. The average Bonchev–Trinajstić information content (AvgIpc) is 3.20. The smallest absolute Gasteiger partial charge is 0.279 e. The van der Waals surface area contributed by atoms with E-state index in [1.165, 1.54) is 6.07 Å². The number of hydrogen-bond acceptors (Lipinski definition) is 6. The molecule has 4 rings (SSSR count). The molecule has 0 bridgehead atoms. The van der Waals surface area contributed by atoms with Crippen LogP contribution in [-0.2, 0) is 0 Å². The monoisotopic (exact) mass is 434 g/mol. The zero-order valence-corrected chi connectivity index (χ0v) is 17.0. The number of nitro groups is 1. The maximum atomic E-state index is 12.4. The van der Waals surface area contributed by atoms with Crippen LogP contribution in [0.2, 0.25) is 5.02 Å². The summed E-state index contributed by atoms with van der Waals surface area (Å²) in [4.78, 5) is 23.7. The molecule has 3 aromatic carbocycles. The van der Waals surface area contributed by atoms with Gasteiger partial charge in [0.25, 0.3) is 11.6 Å². The molecule has 1 N–H and O–H groups in total. The van der Waals surface area contributed by atoms with Crippen molar-refractivity contribution in [1.29, 1.82) is 0 Å². The topological polar surface area (TPSA) is 111 Å². The summed E-state index contributed by atoms with van der Waals surface area (Å²) in [6, 6.07) is 17.9. The predicted octanol–water partition coefficient (Wildman–Crippen LogP) is 5.53. The maximum Gasteiger partial charge on any atom is 0.279 e. The van der Waals surface area contributed by atoms with Gasteiger partial charge >= 0.3 is 0 Å². The highest BCUT2D eigenvalue weighted by molar-refractivity contribution is 6.30. The first-order valence-electron chi connectivity index (χ1n) is 9.17. The van der Waals surface area contributed by atoms with Crippen LogP contribution in [0.1, 0.15) is 16.2 Å². The normalized spacial score (nSPS) is 10.6. The average molecular weight is 435 g/mol. The number of aromatic nitrogens is 2. The molecular weight excluding hydrogens is 420 g/mol. The zero-order chi connectivity index (χ0) is 22.0. The van der Waals surface area contributed by atoms with Gasteiger partial charge in [-0.15, -0.1) is 10.2 Å². The fourth-order valence-corrected chi connectivity index (χ4v) is 3.17. The first-order valence-corrected chi connectivity index (χ1v) is 9.55. The van der Waals surface area contributed by atoms with E-state index < -0.39 is 10.8 Å². The molecule has 0 saturated carbocycles. The van der Waals surface area contributed by atoms with Crippen molar-refractivity contribution in [1.82, 2.24) is 10.2 Å². The largest absolute Gasteiger partial charge is 0.421 e. The van der Waals surface area contributed by atoms with E-state index in [2.05, 4.69) is 15.5 Å². The van der Waals surface area contributed by atoms with Crippen LogP contribution in [0, 0.1) is 17.0 Å². The molecule has 0 spiro atoms. The molecule has 1 heterocycles. The highest BCUT2D eigenvalue weighted by Crippen LogP contribution is 2.34. The van der Waals surface area contributed by atoms with Gasteiger partial charge in [0.05, 0.1) is 10.5 Å². The van der Waals surface area contributed by atoms with Crippen LogP contribution in [0.4, 0.5) is 11.4 Å². The lowest BCUT2D eigenvalue weighted by Gasteiger charge is -2.09. The first-order chi connectivity index (χ1) is 14.9. The van der Waals surface area contributed by atoms with Gasteiger partial charge in [-0.05, 0) is 54.1 Å². The Kier molecular flexibility index (Phi) is 5.46. The molecule has 0 saturated heterocycles. The Hall–Kier alpha value is -4.04. The molecule has 0 aliphatic rings. The third kappa shape index (κ3) is 4.44. The van der Waals surface area contributed by atoms with E-state index in [1.54, 1.807) is 67.6 Å². The minimum atomic E-state index is -0.489. The van der Waals surface area contributed by atoms with Crippen molar-refractivity contribution >= 4 is 28.9 Å². The van der Waals surface area contributed by atoms with E-state index in [0.717, 1.165) is 0 Å². The fraction of sp³-hybridized carbons (Fsp3) is 0.0455. The SMILES string of the molecule is Cc1nnc(-c2cccc(-c3ccc(NC(=O)c4ccc(Cl)cc4)cc3[N+](=O)[O-])c2)o1. The van der Waals surface area contributed by atoms with Crippen LogP contribution < -0.4 is 5.32 Å². The summed E-state index contributed by atoms with van der Waals surface area (Å²) in [5, 5.41) is 22.7. The number of amides is 1. The van der Waals surface area contributed by atoms with E-state index in [4.69, 9.17) is 16.0 Å². The number of nitrogens with one attached hydrogen (secondary N) is 1. The van der Waals surface area contributed by atoms with Gasteiger partial charge in [0.1, 0.15) is 0 Å². The highest BCUT2D eigenvalue weighted by Gasteiger charge is 2.18. The van der Waals surface area contributed by atoms with Gasteiger partial charge in [-0.3, -0.25) is 14.9 Å². The highest BCUT2D eigenvalue weighted by atomic mass is 35.5. The van der Waals surface area contributed by atoms with Gasteiger partial charge in [0, 0.05) is 34.8 Å². The summed E-state index contributed by atoms with van der Waals surface area (Å²) >= 11 is 5.84. The molecule has 0 fully saturated rings. The summed E-state index contributed by atoms with van der Waals surface area (Å²) in [5.74, 6) is 0.355. The quantitative estimate of drug-likeness (QED) is 0.326. The molecule has 0 unspecified atom stereocenters. The predicted molar refractivity (Wildman–Crippen MR) is 116 cm³/mol. The summed E-state index contributed by atoms with van der Waals surface area (Å²) in [5.41, 5.74) is 2.20. The Morgan fingerprint density at radius 3 is 2.45 bits per heavy atom. The van der Waals surface area contributed by atoms with Crippen molar-refractivity contribution in [3.05, 3.63) is 93.3 Å². The summed E-state index contributed by atoms with van der Waals surface area (Å²) in [6.45, 7) is 1.68. The summed E-state index contributed by atoms with van der Waals surface area (Å²) in [6.07, 6.45) is 0. The number of nitro benzene ring substituents is 1. The molecule has 0 aliphatic carbocycles. The first kappa shape index (κ1) is 20.2. The van der Waals surface area contributed by atoms with Crippen molar-refractivity contribution in [2.75, 3.05) is 5.32 Å². The van der Waals surface area contributed by atoms with Crippen LogP contribution in [0.5, 0.6) is 0 Å². The maximum absolute atomic E-state index is 12.4. The number of carbonyl (C=O) groups excluding carboxylic acids is 1. The van der Waals surface area contributed by atoms with Gasteiger partial charge in [-0.1, -0.05) is 23.7 Å². The molecule has 0 radical (unpaired) electrons. The van der Waals surface area contributed by atoms with Gasteiger partial charge in [-0.25, -0.2) is 0 Å². The molecule has 0 atom stereocenters. The second-order valence-electron chi connectivity index (χ2n) is 6.66. The number of benzene rings is 3. The van der Waals surface area contributed by atoms with Crippen LogP contribution in [0.25, 0.3) is 22.6 Å². The van der Waals surface area contributed by atoms with Crippen molar-refractivity contribution in [3.63, 3.8) is 0 Å². The van der Waals surface area contributed by atoms with Gasteiger partial charge in [0.15, 0.2) is 0 Å². The van der Waals surface area contributed by atoms with Crippen LogP contribution >= 0.6 is 11.6 Å². The van der Waals surface area contributed by atoms with Gasteiger partial charge in [-0.2, -0.15) is 0 Å². The van der Waals surface area contributed by atoms with E-state index in [1.807, 2.05) is 0 Å². The van der Waals surface area contributed by atoms with Crippen LogP contribution in [0.15, 0.2) is 71.1 Å². The second-order valence-corrected chi connectivity index (χ2v) is 7.09. The van der Waals surface area contributed by atoms with Crippen LogP contribution in [0.3, 0.4) is 0 Å². The van der Waals surface area contributed by atoms with E-state index >= 15 is 0 Å². The number of halogens is 1. The molecule has 1 aromatic heterocycles. The van der Waals surface area contributed by atoms with Crippen molar-refractivity contribution in [2.45, 2.75) is 6.92 Å². The number of nitrogens with zero attached hydrogens (tertiary/aromatic N) is 3. The standard InChI is InChI=1S/C22H15ClN4O4/c1-13-25-26-22(31-13)16-4-2-3-15(11-16)19-10-9-18(12-20(19)27(29)30)24-21(28)14-5-7-17(23)8-6-14/h2-12H,1H3,(H,24,28). The number of hydrogen-bond donors (Lipinski definition) is 1. The molecule has 154 valence electrons. The second kappa shape index (κ2) is 8.37. The molecule has 31 heavy (non-hydrogen) atoms.